The molecule has 0 bridgehead atoms. The summed E-state index contributed by atoms with van der Waals surface area (Å²) in [7, 11) is 0. The summed E-state index contributed by atoms with van der Waals surface area (Å²) in [6.07, 6.45) is 0. The van der Waals surface area contributed by atoms with Crippen LogP contribution in [0.2, 0.25) is 0 Å². The van der Waals surface area contributed by atoms with Gasteiger partial charge in [-0.1, -0.05) is 72.8 Å². The van der Waals surface area contributed by atoms with Crippen LogP contribution >= 0.6 is 0 Å². The lowest BCUT2D eigenvalue weighted by molar-refractivity contribution is -0.131. The third-order valence-electron chi connectivity index (χ3n) is 6.15. The van der Waals surface area contributed by atoms with Crippen molar-refractivity contribution in [2.45, 2.75) is 38.2 Å². The van der Waals surface area contributed by atoms with E-state index < -0.39 is 5.60 Å². The maximum absolute atomic E-state index is 13.4. The Labute approximate surface area is 177 Å². The molecular weight excluding hydrogens is 374 g/mol. The van der Waals surface area contributed by atoms with Crippen molar-refractivity contribution in [3.8, 4) is 5.75 Å². The molecule has 1 saturated heterocycles. The normalized spacial score (nSPS) is 22.5. The third-order valence-corrected chi connectivity index (χ3v) is 6.15. The fraction of sp³-hybridized carbons (Fsp3) is 0.269. The fourth-order valence-corrected chi connectivity index (χ4v) is 4.64. The minimum atomic E-state index is -0.517. The summed E-state index contributed by atoms with van der Waals surface area (Å²) >= 11 is 0. The summed E-state index contributed by atoms with van der Waals surface area (Å²) in [4.78, 5) is 15.3. The van der Waals surface area contributed by atoms with E-state index in [1.807, 2.05) is 65.6 Å². The van der Waals surface area contributed by atoms with E-state index in [0.717, 1.165) is 28.0 Å². The van der Waals surface area contributed by atoms with E-state index in [1.54, 1.807) is 0 Å². The largest absolute Gasteiger partial charge is 0.489 e. The van der Waals surface area contributed by atoms with Gasteiger partial charge in [-0.05, 0) is 29.7 Å². The smallest absolute Gasteiger partial charge is 0.233 e. The van der Waals surface area contributed by atoms with Crippen LogP contribution in [0.25, 0.3) is 0 Å². The molecule has 30 heavy (non-hydrogen) atoms. The number of carbonyl (C=O) groups is 1. The number of hydrogen-bond donors (Lipinski definition) is 0. The molecule has 1 amide bonds. The zero-order valence-corrected chi connectivity index (χ0v) is 17.1. The Bertz CT molecular complexity index is 1050. The first kappa shape index (κ1) is 18.9. The van der Waals surface area contributed by atoms with E-state index in [2.05, 4.69) is 25.1 Å². The Morgan fingerprint density at radius 2 is 1.67 bits per heavy atom. The predicted octanol–water partition coefficient (Wildman–Crippen LogP) is 4.68. The van der Waals surface area contributed by atoms with Crippen LogP contribution in [0.5, 0.6) is 5.75 Å². The summed E-state index contributed by atoms with van der Waals surface area (Å²) in [6, 6.07) is 26.2. The molecule has 2 aliphatic heterocycles. The first-order valence-electron chi connectivity index (χ1n) is 10.4. The van der Waals surface area contributed by atoms with Crippen molar-refractivity contribution in [1.29, 1.82) is 0 Å². The average Bonchev–Trinajstić information content (AvgIpc) is 3.03. The monoisotopic (exact) mass is 399 g/mol. The molecule has 0 saturated carbocycles. The summed E-state index contributed by atoms with van der Waals surface area (Å²) in [5, 5.41) is 0. The van der Waals surface area contributed by atoms with Crippen LogP contribution in [-0.4, -0.2) is 23.0 Å². The lowest BCUT2D eigenvalue weighted by Crippen LogP contribution is -2.40. The van der Waals surface area contributed by atoms with Gasteiger partial charge >= 0.3 is 0 Å². The van der Waals surface area contributed by atoms with Gasteiger partial charge in [-0.15, -0.1) is 0 Å². The molecular formula is C26H25NO3. The van der Waals surface area contributed by atoms with E-state index in [4.69, 9.17) is 9.47 Å². The standard InChI is InChI=1S/C26H25NO3/c1-26-18-27(15-19-9-4-2-5-10-19)25(28)24(26)21-13-8-14-23(22(21)17-30-26)29-16-20-11-6-3-7-12-20/h2-14,24H,15-18H2,1H3/t24-,26+/m0/s1. The van der Waals surface area contributed by atoms with Crippen LogP contribution in [0.1, 0.15) is 35.1 Å². The SMILES string of the molecule is C[C@@]12CN(Cc3ccccc3)C(=O)[C@@H]1c1cccc(OCc3ccccc3)c1CO2. The number of amides is 1. The number of fused-ring (bicyclic) bond motifs is 3. The van der Waals surface area contributed by atoms with Gasteiger partial charge in [0.25, 0.3) is 0 Å². The number of rotatable bonds is 5. The van der Waals surface area contributed by atoms with Gasteiger partial charge in [0.15, 0.2) is 0 Å². The van der Waals surface area contributed by atoms with Crippen LogP contribution < -0.4 is 4.74 Å². The number of likely N-dealkylation sites (tertiary alicyclic amines) is 1. The highest BCUT2D eigenvalue weighted by Crippen LogP contribution is 2.47. The van der Waals surface area contributed by atoms with Crippen molar-refractivity contribution in [3.05, 3.63) is 101 Å². The summed E-state index contributed by atoms with van der Waals surface area (Å²) in [5.74, 6) is 0.625. The molecule has 4 heteroatoms. The van der Waals surface area contributed by atoms with Crippen molar-refractivity contribution in [2.75, 3.05) is 6.54 Å². The number of benzene rings is 3. The second-order valence-corrected chi connectivity index (χ2v) is 8.31. The van der Waals surface area contributed by atoms with Gasteiger partial charge in [-0.3, -0.25) is 4.79 Å². The van der Waals surface area contributed by atoms with E-state index in [-0.39, 0.29) is 11.8 Å². The molecule has 4 nitrogen and oxygen atoms in total. The van der Waals surface area contributed by atoms with E-state index in [1.165, 1.54) is 0 Å². The van der Waals surface area contributed by atoms with Crippen LogP contribution in [0.15, 0.2) is 78.9 Å². The number of ether oxygens (including phenoxy) is 2. The Morgan fingerprint density at radius 1 is 0.967 bits per heavy atom. The first-order valence-corrected chi connectivity index (χ1v) is 10.4. The topological polar surface area (TPSA) is 38.8 Å². The lowest BCUT2D eigenvalue weighted by atomic mass is 9.81. The Kier molecular flexibility index (Phi) is 4.80. The predicted molar refractivity (Wildman–Crippen MR) is 115 cm³/mol. The molecule has 2 atom stereocenters. The molecule has 0 aromatic heterocycles. The van der Waals surface area contributed by atoms with Crippen LogP contribution in [-0.2, 0) is 29.3 Å². The third kappa shape index (κ3) is 3.37. The van der Waals surface area contributed by atoms with Gasteiger partial charge < -0.3 is 14.4 Å². The van der Waals surface area contributed by atoms with E-state index >= 15 is 0 Å². The highest BCUT2D eigenvalue weighted by atomic mass is 16.5. The quantitative estimate of drug-likeness (QED) is 0.625. The molecule has 0 aliphatic carbocycles. The molecule has 1 fully saturated rings. The molecule has 3 aromatic carbocycles. The van der Waals surface area contributed by atoms with Gasteiger partial charge in [-0.25, -0.2) is 0 Å². The zero-order chi connectivity index (χ0) is 20.6. The Morgan fingerprint density at radius 3 is 2.40 bits per heavy atom. The average molecular weight is 399 g/mol. The molecule has 5 rings (SSSR count). The molecule has 0 radical (unpaired) electrons. The molecule has 2 aliphatic rings. The van der Waals surface area contributed by atoms with Crippen molar-refractivity contribution < 1.29 is 14.3 Å². The number of carbonyl (C=O) groups excluding carboxylic acids is 1. The van der Waals surface area contributed by atoms with Crippen LogP contribution in [0.4, 0.5) is 0 Å². The molecule has 0 spiro atoms. The maximum atomic E-state index is 13.4. The first-order chi connectivity index (χ1) is 14.6. The van der Waals surface area contributed by atoms with Gasteiger partial charge in [0.2, 0.25) is 5.91 Å². The second-order valence-electron chi connectivity index (χ2n) is 8.31. The number of nitrogens with zero attached hydrogens (tertiary/aromatic N) is 1. The highest BCUT2D eigenvalue weighted by Gasteiger charge is 2.53. The molecule has 0 N–H and O–H groups in total. The highest BCUT2D eigenvalue weighted by molar-refractivity contribution is 5.89. The molecule has 2 heterocycles. The van der Waals surface area contributed by atoms with Crippen molar-refractivity contribution in [3.63, 3.8) is 0 Å². The molecule has 0 unspecified atom stereocenters. The molecule has 3 aromatic rings. The van der Waals surface area contributed by atoms with E-state index in [0.29, 0.717) is 26.3 Å². The van der Waals surface area contributed by atoms with Crippen molar-refractivity contribution in [2.24, 2.45) is 0 Å². The van der Waals surface area contributed by atoms with Gasteiger partial charge in [-0.2, -0.15) is 0 Å². The van der Waals surface area contributed by atoms with Gasteiger partial charge in [0.1, 0.15) is 12.4 Å². The minimum Gasteiger partial charge on any atom is -0.489 e. The lowest BCUT2D eigenvalue weighted by Gasteiger charge is -2.36. The van der Waals surface area contributed by atoms with Crippen molar-refractivity contribution in [1.82, 2.24) is 4.90 Å². The second kappa shape index (κ2) is 7.62. The van der Waals surface area contributed by atoms with Crippen molar-refractivity contribution >= 4 is 5.91 Å². The van der Waals surface area contributed by atoms with E-state index in [9.17, 15) is 4.79 Å². The minimum absolute atomic E-state index is 0.127. The Balaban J connectivity index is 1.41. The van der Waals surface area contributed by atoms with Crippen LogP contribution in [0, 0.1) is 0 Å². The number of hydrogen-bond acceptors (Lipinski definition) is 3. The zero-order valence-electron chi connectivity index (χ0n) is 17.1. The van der Waals surface area contributed by atoms with Crippen LogP contribution in [0.3, 0.4) is 0 Å². The van der Waals surface area contributed by atoms with Gasteiger partial charge in [0.05, 0.1) is 24.7 Å². The molecule has 152 valence electrons. The summed E-state index contributed by atoms with van der Waals surface area (Å²) in [5.41, 5.74) is 3.76. The van der Waals surface area contributed by atoms with Gasteiger partial charge in [0, 0.05) is 12.1 Å². The maximum Gasteiger partial charge on any atom is 0.233 e. The Hall–Kier alpha value is -3.11. The fourth-order valence-electron chi connectivity index (χ4n) is 4.64. The summed E-state index contributed by atoms with van der Waals surface area (Å²) in [6.45, 7) is 4.21. The summed E-state index contributed by atoms with van der Waals surface area (Å²) < 4.78 is 12.4.